The number of aromatic hydroxyl groups is 4. The average Bonchev–Trinajstić information content (AvgIpc) is 3.78. The molecule has 4 aliphatic heterocycles. The first-order chi connectivity index (χ1) is 32.9. The molecule has 4 heterocycles. The van der Waals surface area contributed by atoms with Gasteiger partial charge in [-0.1, -0.05) is 16.3 Å². The van der Waals surface area contributed by atoms with Gasteiger partial charge in [0, 0.05) is 105 Å². The van der Waals surface area contributed by atoms with Crippen LogP contribution in [0.2, 0.25) is 0 Å². The zero-order chi connectivity index (χ0) is 47.7. The van der Waals surface area contributed by atoms with Crippen molar-refractivity contribution in [1.82, 2.24) is 10.6 Å². The number of carbonyl (C=O) groups is 4. The third-order valence-corrected chi connectivity index (χ3v) is 11.6. The fraction of sp³-hybridized carbons (Fsp3) is 0.167. The van der Waals surface area contributed by atoms with Gasteiger partial charge in [-0.15, -0.1) is 0 Å². The van der Waals surface area contributed by atoms with Crippen molar-refractivity contribution >= 4 is 23.8 Å². The third-order valence-electron chi connectivity index (χ3n) is 11.6. The molecule has 4 aliphatic rings. The second-order valence-corrected chi connectivity index (χ2v) is 15.7. The number of esters is 2. The van der Waals surface area contributed by atoms with Gasteiger partial charge in [-0.25, -0.2) is 9.59 Å². The first-order valence-electron chi connectivity index (χ1n) is 20.9. The van der Waals surface area contributed by atoms with Crippen LogP contribution < -0.4 is 20.1 Å². The molecule has 20 heteroatoms. The van der Waals surface area contributed by atoms with E-state index in [1.165, 1.54) is 66.7 Å². The van der Waals surface area contributed by atoms with E-state index >= 15 is 0 Å². The molecule has 2 amide bonds. The van der Waals surface area contributed by atoms with Crippen LogP contribution in [-0.4, -0.2) is 70.4 Å². The number of ether oxygens (including phenoxy) is 4. The van der Waals surface area contributed by atoms with Crippen LogP contribution in [0.1, 0.15) is 87.7 Å². The van der Waals surface area contributed by atoms with Crippen molar-refractivity contribution < 1.29 is 58.6 Å². The SMILES string of the molecule is [N-]=[N+]=NCCCNC(=O)c1ccc2c(c1)C(=O)OC21c2ccc(O)cc2Oc2cc(O)ccc21.[N-]=[N+]=NCCCNC(=O)c1ccc2c(c1)C1(OC2=O)c2ccc(O)cc2Oc2cc(O)ccc21. The number of nitrogens with zero attached hydrogens (tertiary/aromatic N) is 6. The fourth-order valence-corrected chi connectivity index (χ4v) is 8.68. The van der Waals surface area contributed by atoms with E-state index in [1.807, 2.05) is 0 Å². The van der Waals surface area contributed by atoms with Crippen LogP contribution in [0.4, 0.5) is 0 Å². The summed E-state index contributed by atoms with van der Waals surface area (Å²) in [7, 11) is 0. The van der Waals surface area contributed by atoms with E-state index in [2.05, 4.69) is 30.7 Å². The molecule has 0 atom stereocenters. The Morgan fingerprint density at radius 3 is 1.32 bits per heavy atom. The van der Waals surface area contributed by atoms with Gasteiger partial charge in [0.05, 0.1) is 11.1 Å². The summed E-state index contributed by atoms with van der Waals surface area (Å²) in [6.07, 6.45) is 0.969. The second kappa shape index (κ2) is 17.5. The number of azide groups is 2. The highest BCUT2D eigenvalue weighted by atomic mass is 16.6. The van der Waals surface area contributed by atoms with E-state index < -0.39 is 23.1 Å². The van der Waals surface area contributed by atoms with Crippen LogP contribution in [0, 0.1) is 0 Å². The van der Waals surface area contributed by atoms with E-state index in [4.69, 9.17) is 30.0 Å². The van der Waals surface area contributed by atoms with Crippen molar-refractivity contribution in [1.29, 1.82) is 0 Å². The van der Waals surface area contributed by atoms with Crippen LogP contribution >= 0.6 is 0 Å². The Labute approximate surface area is 384 Å². The number of hydrogen-bond acceptors (Lipinski definition) is 14. The maximum Gasteiger partial charge on any atom is 0.340 e. The molecule has 6 N–H and O–H groups in total. The van der Waals surface area contributed by atoms with Gasteiger partial charge in [0.1, 0.15) is 46.0 Å². The molecule has 0 saturated heterocycles. The smallest absolute Gasteiger partial charge is 0.340 e. The molecule has 340 valence electrons. The molecule has 0 fully saturated rings. The number of phenols is 4. The van der Waals surface area contributed by atoms with Crippen LogP contribution in [0.5, 0.6) is 46.0 Å². The van der Waals surface area contributed by atoms with Gasteiger partial charge in [-0.3, -0.25) is 9.59 Å². The summed E-state index contributed by atoms with van der Waals surface area (Å²) in [5.74, 6) is -1.01. The number of nitrogens with one attached hydrogen (secondary N) is 2. The van der Waals surface area contributed by atoms with Crippen LogP contribution in [0.15, 0.2) is 119 Å². The largest absolute Gasteiger partial charge is 0.508 e. The molecule has 0 bridgehead atoms. The molecule has 0 aliphatic carbocycles. The number of rotatable bonds is 10. The number of benzene rings is 6. The van der Waals surface area contributed by atoms with Crippen molar-refractivity contribution in [2.24, 2.45) is 10.2 Å². The standard InChI is InChI=1S/2C24H18N4O6/c25-28-27-9-1-8-26-22(31)13-2-5-17-16(10-13)23(32)34-24(17)18-6-3-14(29)11-20(18)33-21-12-15(30)4-7-19(21)24;25-28-27-9-1-8-26-22(31)13-2-5-16-19(10-13)24(34-23(16)32)17-6-3-14(29)11-20(17)33-21-12-15(30)4-7-18(21)24/h2*2-7,10-12,29-30H,1,8-9H2,(H,26,31). The van der Waals surface area contributed by atoms with E-state index in [-0.39, 0.29) is 82.0 Å². The molecule has 0 unspecified atom stereocenters. The number of hydrogen-bond donors (Lipinski definition) is 6. The Morgan fingerprint density at radius 2 is 0.882 bits per heavy atom. The molecule has 6 aromatic rings. The normalized spacial score (nSPS) is 14.2. The van der Waals surface area contributed by atoms with Crippen LogP contribution in [-0.2, 0) is 20.7 Å². The third kappa shape index (κ3) is 7.52. The van der Waals surface area contributed by atoms with Crippen molar-refractivity contribution in [3.63, 3.8) is 0 Å². The number of amides is 2. The van der Waals surface area contributed by atoms with Gasteiger partial charge in [0.2, 0.25) is 0 Å². The summed E-state index contributed by atoms with van der Waals surface area (Å²) < 4.78 is 23.8. The fourth-order valence-electron chi connectivity index (χ4n) is 8.68. The highest BCUT2D eigenvalue weighted by molar-refractivity contribution is 6.02. The first-order valence-corrected chi connectivity index (χ1v) is 20.9. The molecular formula is C48H36N8O12. The van der Waals surface area contributed by atoms with Crippen LogP contribution in [0.25, 0.3) is 20.9 Å². The number of phenolic OH excluding ortho intramolecular Hbond substituents is 4. The Bertz CT molecular complexity index is 3110. The van der Waals surface area contributed by atoms with Crippen molar-refractivity contribution in [2.75, 3.05) is 26.2 Å². The Hall–Kier alpha value is -9.38. The van der Waals surface area contributed by atoms with Crippen molar-refractivity contribution in [3.8, 4) is 46.0 Å². The highest BCUT2D eigenvalue weighted by Crippen LogP contribution is 2.58. The highest BCUT2D eigenvalue weighted by Gasteiger charge is 2.55. The van der Waals surface area contributed by atoms with Crippen molar-refractivity contribution in [3.05, 3.63) is 186 Å². The maximum absolute atomic E-state index is 13.1. The van der Waals surface area contributed by atoms with E-state index in [0.29, 0.717) is 70.4 Å². The molecule has 6 aromatic carbocycles. The van der Waals surface area contributed by atoms with E-state index in [9.17, 15) is 39.6 Å². The number of carbonyl (C=O) groups excluding carboxylic acids is 4. The Balaban J connectivity index is 0.000000170. The van der Waals surface area contributed by atoms with Crippen molar-refractivity contribution in [2.45, 2.75) is 24.0 Å². The summed E-state index contributed by atoms with van der Waals surface area (Å²) in [5, 5.41) is 52.3. The summed E-state index contributed by atoms with van der Waals surface area (Å²) >= 11 is 0. The molecule has 20 nitrogen and oxygen atoms in total. The zero-order valence-corrected chi connectivity index (χ0v) is 35.4. The van der Waals surface area contributed by atoms with E-state index in [1.54, 1.807) is 42.5 Å². The van der Waals surface area contributed by atoms with Gasteiger partial charge >= 0.3 is 11.9 Å². The van der Waals surface area contributed by atoms with Gasteiger partial charge in [-0.2, -0.15) is 0 Å². The lowest BCUT2D eigenvalue weighted by Gasteiger charge is -2.36. The monoisotopic (exact) mass is 916 g/mol. The average molecular weight is 917 g/mol. The molecule has 0 aromatic heterocycles. The molecular weight excluding hydrogens is 881 g/mol. The van der Waals surface area contributed by atoms with Gasteiger partial charge in [-0.05, 0) is 103 Å². The predicted octanol–water partition coefficient (Wildman–Crippen LogP) is 8.19. The van der Waals surface area contributed by atoms with Crippen LogP contribution in [0.3, 0.4) is 0 Å². The lowest BCUT2D eigenvalue weighted by molar-refractivity contribution is 0.0214. The topological polar surface area (TPSA) is 308 Å². The predicted molar refractivity (Wildman–Crippen MR) is 238 cm³/mol. The Morgan fingerprint density at radius 1 is 0.500 bits per heavy atom. The minimum atomic E-state index is -1.44. The summed E-state index contributed by atoms with van der Waals surface area (Å²) in [6, 6.07) is 27.3. The molecule has 0 saturated carbocycles. The lowest BCUT2D eigenvalue weighted by Crippen LogP contribution is -2.33. The summed E-state index contributed by atoms with van der Waals surface area (Å²) in [5.41, 5.74) is 17.9. The quantitative estimate of drug-likeness (QED) is 0.0249. The Kier molecular flexibility index (Phi) is 11.3. The molecule has 10 rings (SSSR count). The van der Waals surface area contributed by atoms with E-state index in [0.717, 1.165) is 0 Å². The first kappa shape index (κ1) is 43.9. The number of fused-ring (bicyclic) bond motifs is 12. The lowest BCUT2D eigenvalue weighted by atomic mass is 9.77. The molecule has 2 spiro atoms. The molecule has 68 heavy (non-hydrogen) atoms. The second-order valence-electron chi connectivity index (χ2n) is 15.7. The maximum atomic E-state index is 13.1. The minimum absolute atomic E-state index is 0.0328. The molecule has 0 radical (unpaired) electrons. The van der Waals surface area contributed by atoms with Gasteiger partial charge in [0.15, 0.2) is 11.2 Å². The summed E-state index contributed by atoms with van der Waals surface area (Å²) in [6.45, 7) is 1.16. The zero-order valence-electron chi connectivity index (χ0n) is 35.4. The van der Waals surface area contributed by atoms with Gasteiger partial charge < -0.3 is 50.0 Å². The minimum Gasteiger partial charge on any atom is -0.508 e. The summed E-state index contributed by atoms with van der Waals surface area (Å²) in [4.78, 5) is 56.7. The van der Waals surface area contributed by atoms with Gasteiger partial charge in [0.25, 0.3) is 11.8 Å².